The Hall–Kier alpha value is -0.870. The van der Waals surface area contributed by atoms with Crippen LogP contribution in [0.4, 0.5) is 0 Å². The zero-order valence-corrected chi connectivity index (χ0v) is 6.62. The first-order chi connectivity index (χ1) is 5.38. The summed E-state index contributed by atoms with van der Waals surface area (Å²) in [7, 11) is 0. The number of aromatic nitrogens is 2. The van der Waals surface area contributed by atoms with E-state index in [0.29, 0.717) is 6.54 Å². The Balaban J connectivity index is 2.62. The fourth-order valence-corrected chi connectivity index (χ4v) is 1.00. The number of nitrogens with one attached hydrogen (secondary N) is 1. The molecule has 0 atom stereocenters. The van der Waals surface area contributed by atoms with Crippen LogP contribution < -0.4 is 5.48 Å². The molecule has 62 valence electrons. The van der Waals surface area contributed by atoms with Gasteiger partial charge in [0.05, 0.1) is 12.2 Å². The van der Waals surface area contributed by atoms with Crippen LogP contribution in [-0.2, 0) is 13.1 Å². The summed E-state index contributed by atoms with van der Waals surface area (Å²) in [6, 6.07) is 1.89. The quantitative estimate of drug-likeness (QED) is 0.631. The number of aryl methyl sites for hydroxylation is 1. The second kappa shape index (κ2) is 4.10. The zero-order chi connectivity index (χ0) is 8.10. The van der Waals surface area contributed by atoms with Crippen LogP contribution in [0.1, 0.15) is 19.0 Å². The van der Waals surface area contributed by atoms with Crippen LogP contribution in [0.15, 0.2) is 12.3 Å². The van der Waals surface area contributed by atoms with Gasteiger partial charge in [0.2, 0.25) is 0 Å². The molecule has 1 rings (SSSR count). The van der Waals surface area contributed by atoms with Crippen molar-refractivity contribution in [3.05, 3.63) is 18.0 Å². The van der Waals surface area contributed by atoms with Crippen molar-refractivity contribution >= 4 is 0 Å². The summed E-state index contributed by atoms with van der Waals surface area (Å²) in [6.07, 6.45) is 2.79. The number of hydrogen-bond donors (Lipinski definition) is 2. The van der Waals surface area contributed by atoms with Crippen molar-refractivity contribution in [3.63, 3.8) is 0 Å². The second-order valence-electron chi connectivity index (χ2n) is 2.38. The fraction of sp³-hybridized carbons (Fsp3) is 0.571. The third kappa shape index (κ3) is 2.03. The summed E-state index contributed by atoms with van der Waals surface area (Å²) < 4.78 is 1.88. The first-order valence-electron chi connectivity index (χ1n) is 3.76. The SMILES string of the molecule is CCCn1nccc1CNO. The Labute approximate surface area is 65.8 Å². The lowest BCUT2D eigenvalue weighted by atomic mass is 10.4. The maximum atomic E-state index is 8.44. The molecule has 1 aromatic rings. The van der Waals surface area contributed by atoms with Crippen molar-refractivity contribution in [3.8, 4) is 0 Å². The van der Waals surface area contributed by atoms with Gasteiger partial charge in [0.25, 0.3) is 0 Å². The molecule has 0 aromatic carbocycles. The minimum Gasteiger partial charge on any atom is -0.316 e. The van der Waals surface area contributed by atoms with E-state index in [0.717, 1.165) is 18.7 Å². The Morgan fingerprint density at radius 2 is 2.55 bits per heavy atom. The molecule has 1 aromatic heterocycles. The van der Waals surface area contributed by atoms with E-state index < -0.39 is 0 Å². The molecule has 1 heterocycles. The van der Waals surface area contributed by atoms with Crippen molar-refractivity contribution < 1.29 is 5.21 Å². The molecule has 0 aliphatic rings. The van der Waals surface area contributed by atoms with E-state index in [-0.39, 0.29) is 0 Å². The van der Waals surface area contributed by atoms with Gasteiger partial charge in [-0.15, -0.1) is 0 Å². The van der Waals surface area contributed by atoms with Gasteiger partial charge in [0, 0.05) is 12.7 Å². The van der Waals surface area contributed by atoms with Crippen LogP contribution in [0.5, 0.6) is 0 Å². The minimum atomic E-state index is 0.458. The van der Waals surface area contributed by atoms with Gasteiger partial charge in [0.1, 0.15) is 0 Å². The molecule has 0 radical (unpaired) electrons. The summed E-state index contributed by atoms with van der Waals surface area (Å²) in [5.41, 5.74) is 3.12. The van der Waals surface area contributed by atoms with Crippen molar-refractivity contribution in [1.82, 2.24) is 15.3 Å². The second-order valence-corrected chi connectivity index (χ2v) is 2.38. The molecule has 0 bridgehead atoms. The summed E-state index contributed by atoms with van der Waals surface area (Å²) in [5.74, 6) is 0. The predicted octanol–water partition coefficient (Wildman–Crippen LogP) is 0.772. The van der Waals surface area contributed by atoms with Gasteiger partial charge in [-0.2, -0.15) is 10.6 Å². The molecule has 0 spiro atoms. The van der Waals surface area contributed by atoms with E-state index in [1.54, 1.807) is 6.20 Å². The molecule has 4 nitrogen and oxygen atoms in total. The molecule has 11 heavy (non-hydrogen) atoms. The molecule has 2 N–H and O–H groups in total. The monoisotopic (exact) mass is 155 g/mol. The highest BCUT2D eigenvalue weighted by molar-refractivity contribution is 4.99. The molecular formula is C7H13N3O. The van der Waals surface area contributed by atoms with Crippen molar-refractivity contribution in [2.45, 2.75) is 26.4 Å². The lowest BCUT2D eigenvalue weighted by Gasteiger charge is -2.03. The number of hydrogen-bond acceptors (Lipinski definition) is 3. The molecule has 0 saturated carbocycles. The fourth-order valence-electron chi connectivity index (χ4n) is 1.00. The molecule has 0 aliphatic heterocycles. The first-order valence-corrected chi connectivity index (χ1v) is 3.76. The first kappa shape index (κ1) is 8.23. The highest BCUT2D eigenvalue weighted by Crippen LogP contribution is 1.98. The smallest absolute Gasteiger partial charge is 0.0628 e. The van der Waals surface area contributed by atoms with Crippen LogP contribution in [0.2, 0.25) is 0 Å². The van der Waals surface area contributed by atoms with E-state index in [1.807, 2.05) is 10.7 Å². The molecule has 4 heteroatoms. The van der Waals surface area contributed by atoms with Crippen LogP contribution in [0.25, 0.3) is 0 Å². The Morgan fingerprint density at radius 1 is 1.73 bits per heavy atom. The average molecular weight is 155 g/mol. The number of nitrogens with zero attached hydrogens (tertiary/aromatic N) is 2. The highest BCUT2D eigenvalue weighted by Gasteiger charge is 1.98. The molecule has 0 unspecified atom stereocenters. The topological polar surface area (TPSA) is 50.1 Å². The predicted molar refractivity (Wildman–Crippen MR) is 41.1 cm³/mol. The maximum Gasteiger partial charge on any atom is 0.0628 e. The molecule has 0 fully saturated rings. The third-order valence-electron chi connectivity index (χ3n) is 1.50. The van der Waals surface area contributed by atoms with Crippen molar-refractivity contribution in [2.24, 2.45) is 0 Å². The van der Waals surface area contributed by atoms with Crippen LogP contribution >= 0.6 is 0 Å². The Morgan fingerprint density at radius 3 is 3.18 bits per heavy atom. The van der Waals surface area contributed by atoms with Gasteiger partial charge in [-0.25, -0.2) is 0 Å². The standard InChI is InChI=1S/C7H13N3O/c1-2-5-10-7(6-9-11)3-4-8-10/h3-4,9,11H,2,5-6H2,1H3. The number of hydroxylamine groups is 1. The highest BCUT2D eigenvalue weighted by atomic mass is 16.5. The molecule has 0 saturated heterocycles. The summed E-state index contributed by atoms with van der Waals surface area (Å²) in [4.78, 5) is 0. The van der Waals surface area contributed by atoms with Crippen molar-refractivity contribution in [2.75, 3.05) is 0 Å². The number of rotatable bonds is 4. The van der Waals surface area contributed by atoms with E-state index in [9.17, 15) is 0 Å². The zero-order valence-electron chi connectivity index (χ0n) is 6.62. The largest absolute Gasteiger partial charge is 0.316 e. The third-order valence-corrected chi connectivity index (χ3v) is 1.50. The molecular weight excluding hydrogens is 142 g/mol. The van der Waals surface area contributed by atoms with E-state index in [4.69, 9.17) is 5.21 Å². The van der Waals surface area contributed by atoms with Gasteiger partial charge in [-0.05, 0) is 12.5 Å². The Kier molecular flexibility index (Phi) is 3.07. The molecule has 0 aliphatic carbocycles. The summed E-state index contributed by atoms with van der Waals surface area (Å²) >= 11 is 0. The summed E-state index contributed by atoms with van der Waals surface area (Å²) in [6.45, 7) is 3.46. The van der Waals surface area contributed by atoms with Crippen LogP contribution in [0, 0.1) is 0 Å². The average Bonchev–Trinajstić information content (AvgIpc) is 2.39. The van der Waals surface area contributed by atoms with E-state index >= 15 is 0 Å². The summed E-state index contributed by atoms with van der Waals surface area (Å²) in [5, 5.41) is 12.5. The van der Waals surface area contributed by atoms with Gasteiger partial charge in [-0.1, -0.05) is 6.92 Å². The van der Waals surface area contributed by atoms with Gasteiger partial charge in [-0.3, -0.25) is 4.68 Å². The minimum absolute atomic E-state index is 0.458. The maximum absolute atomic E-state index is 8.44. The lowest BCUT2D eigenvalue weighted by molar-refractivity contribution is 0.158. The van der Waals surface area contributed by atoms with Crippen LogP contribution in [-0.4, -0.2) is 15.0 Å². The molecule has 0 amide bonds. The van der Waals surface area contributed by atoms with Crippen molar-refractivity contribution in [1.29, 1.82) is 0 Å². The normalized spacial score (nSPS) is 10.4. The van der Waals surface area contributed by atoms with E-state index in [2.05, 4.69) is 17.5 Å². The Bertz CT molecular complexity index is 189. The van der Waals surface area contributed by atoms with Crippen LogP contribution in [0.3, 0.4) is 0 Å². The van der Waals surface area contributed by atoms with Gasteiger partial charge >= 0.3 is 0 Å². The van der Waals surface area contributed by atoms with Gasteiger partial charge < -0.3 is 5.21 Å². The lowest BCUT2D eigenvalue weighted by Crippen LogP contribution is -2.12. The van der Waals surface area contributed by atoms with E-state index in [1.165, 1.54) is 0 Å². The van der Waals surface area contributed by atoms with Gasteiger partial charge in [0.15, 0.2) is 0 Å².